The van der Waals surface area contributed by atoms with Crippen molar-refractivity contribution in [3.8, 4) is 0 Å². The molecule has 0 bridgehead atoms. The van der Waals surface area contributed by atoms with Crippen LogP contribution >= 0.6 is 11.3 Å². The minimum atomic E-state index is -0.256. The summed E-state index contributed by atoms with van der Waals surface area (Å²) in [6.45, 7) is 1.87. The zero-order chi connectivity index (χ0) is 17.9. The monoisotopic (exact) mass is 365 g/mol. The van der Waals surface area contributed by atoms with Crippen LogP contribution in [0, 0.1) is 0 Å². The van der Waals surface area contributed by atoms with Crippen LogP contribution < -0.4 is 10.6 Å². The molecular weight excluding hydrogens is 350 g/mol. The summed E-state index contributed by atoms with van der Waals surface area (Å²) in [7, 11) is 0. The molecule has 3 aromatic heterocycles. The summed E-state index contributed by atoms with van der Waals surface area (Å²) in [4.78, 5) is 26.0. The molecule has 0 aliphatic carbocycles. The fraction of sp³-hybridized carbons (Fsp3) is 0.118. The highest BCUT2D eigenvalue weighted by Crippen LogP contribution is 2.16. The average Bonchev–Trinajstić information content (AvgIpc) is 3.25. The summed E-state index contributed by atoms with van der Waals surface area (Å²) in [5.74, 6) is 0.175. The molecule has 3 heterocycles. The fourth-order valence-corrected chi connectivity index (χ4v) is 2.99. The second kappa shape index (κ2) is 6.89. The molecule has 4 rings (SSSR count). The maximum absolute atomic E-state index is 12.4. The second-order valence-corrected chi connectivity index (χ2v) is 6.42. The molecule has 1 aromatic carbocycles. The maximum Gasteiger partial charge on any atom is 0.254 e. The Morgan fingerprint density at radius 2 is 1.96 bits per heavy atom. The van der Waals surface area contributed by atoms with Crippen molar-refractivity contribution < 1.29 is 4.79 Å². The molecule has 26 heavy (non-hydrogen) atoms. The number of hydrogen-bond donors (Lipinski definition) is 2. The van der Waals surface area contributed by atoms with Gasteiger partial charge in [-0.05, 0) is 19.1 Å². The maximum atomic E-state index is 12.4. The van der Waals surface area contributed by atoms with Crippen LogP contribution in [-0.2, 0) is 0 Å². The van der Waals surface area contributed by atoms with Gasteiger partial charge in [-0.1, -0.05) is 29.5 Å². The minimum Gasteiger partial charge on any atom is -0.344 e. The molecule has 0 radical (unpaired) electrons. The van der Waals surface area contributed by atoms with Gasteiger partial charge in [0.05, 0.1) is 23.5 Å². The number of rotatable bonds is 5. The van der Waals surface area contributed by atoms with Gasteiger partial charge in [0.1, 0.15) is 5.51 Å². The summed E-state index contributed by atoms with van der Waals surface area (Å²) in [5.41, 5.74) is 3.74. The molecule has 4 aromatic rings. The van der Waals surface area contributed by atoms with Crippen molar-refractivity contribution in [3.63, 3.8) is 0 Å². The molecule has 1 amide bonds. The van der Waals surface area contributed by atoms with Gasteiger partial charge in [-0.15, -0.1) is 0 Å². The van der Waals surface area contributed by atoms with Gasteiger partial charge in [-0.3, -0.25) is 4.79 Å². The summed E-state index contributed by atoms with van der Waals surface area (Å²) in [5, 5.41) is 10.1. The first-order valence-electron chi connectivity index (χ1n) is 7.93. The van der Waals surface area contributed by atoms with Crippen LogP contribution in [0.1, 0.15) is 29.0 Å². The first-order valence-corrected chi connectivity index (χ1v) is 8.81. The van der Waals surface area contributed by atoms with E-state index in [4.69, 9.17) is 0 Å². The van der Waals surface area contributed by atoms with Crippen LogP contribution in [-0.4, -0.2) is 30.5 Å². The standard InChI is InChI=1S/C17H15N7OS/c1-11(14-9-24-17(23-14)26-10-20-24)21-15(25)12-7-18-16(19-8-12)22-13-5-3-2-4-6-13/h2-11H,1H3,(H,21,25)(H,18,19,22). The third-order valence-electron chi connectivity index (χ3n) is 3.74. The average molecular weight is 365 g/mol. The summed E-state index contributed by atoms with van der Waals surface area (Å²) in [6.07, 6.45) is 4.79. The van der Waals surface area contributed by atoms with Crippen molar-refractivity contribution in [3.05, 3.63) is 65.7 Å². The van der Waals surface area contributed by atoms with E-state index in [-0.39, 0.29) is 11.9 Å². The van der Waals surface area contributed by atoms with E-state index < -0.39 is 0 Å². The normalized spacial score (nSPS) is 12.0. The number of aromatic nitrogens is 5. The number of hydrogen-bond acceptors (Lipinski definition) is 7. The number of para-hydroxylation sites is 1. The number of carbonyl (C=O) groups excluding carboxylic acids is 1. The Morgan fingerprint density at radius 1 is 1.19 bits per heavy atom. The molecular formula is C17H15N7OS. The summed E-state index contributed by atoms with van der Waals surface area (Å²) in [6, 6.07) is 9.34. The predicted molar refractivity (Wildman–Crippen MR) is 98.5 cm³/mol. The summed E-state index contributed by atoms with van der Waals surface area (Å²) < 4.78 is 1.69. The highest BCUT2D eigenvalue weighted by atomic mass is 32.1. The lowest BCUT2D eigenvalue weighted by molar-refractivity contribution is 0.0938. The van der Waals surface area contributed by atoms with E-state index in [1.807, 2.05) is 37.3 Å². The number of fused-ring (bicyclic) bond motifs is 1. The Bertz CT molecular complexity index is 998. The Balaban J connectivity index is 1.42. The number of amides is 1. The number of anilines is 2. The molecule has 1 atom stereocenters. The van der Waals surface area contributed by atoms with E-state index in [9.17, 15) is 4.79 Å². The fourth-order valence-electron chi connectivity index (χ4n) is 2.38. The van der Waals surface area contributed by atoms with Gasteiger partial charge in [0, 0.05) is 18.1 Å². The smallest absolute Gasteiger partial charge is 0.254 e. The van der Waals surface area contributed by atoms with Crippen molar-refractivity contribution in [2.75, 3.05) is 5.32 Å². The van der Waals surface area contributed by atoms with Crippen molar-refractivity contribution >= 4 is 33.8 Å². The van der Waals surface area contributed by atoms with Gasteiger partial charge in [-0.2, -0.15) is 5.10 Å². The molecule has 0 aliphatic rings. The van der Waals surface area contributed by atoms with E-state index in [1.165, 1.54) is 23.7 Å². The summed E-state index contributed by atoms with van der Waals surface area (Å²) >= 11 is 1.44. The molecule has 9 heteroatoms. The first kappa shape index (κ1) is 16.2. The highest BCUT2D eigenvalue weighted by molar-refractivity contribution is 7.14. The largest absolute Gasteiger partial charge is 0.344 e. The van der Waals surface area contributed by atoms with Crippen LogP contribution in [0.4, 0.5) is 11.6 Å². The lowest BCUT2D eigenvalue weighted by atomic mass is 10.2. The molecule has 0 fully saturated rings. The van der Waals surface area contributed by atoms with E-state index in [1.54, 1.807) is 16.2 Å². The Kier molecular flexibility index (Phi) is 4.28. The number of nitrogens with zero attached hydrogens (tertiary/aromatic N) is 5. The Labute approximate surface area is 153 Å². The van der Waals surface area contributed by atoms with Crippen LogP contribution in [0.25, 0.3) is 4.96 Å². The lowest BCUT2D eigenvalue weighted by Gasteiger charge is -2.11. The van der Waals surface area contributed by atoms with Gasteiger partial charge in [0.15, 0.2) is 0 Å². The third kappa shape index (κ3) is 3.38. The van der Waals surface area contributed by atoms with Crippen LogP contribution in [0.15, 0.2) is 54.4 Å². The zero-order valence-corrected chi connectivity index (χ0v) is 14.6. The van der Waals surface area contributed by atoms with Crippen LogP contribution in [0.3, 0.4) is 0 Å². The first-order chi connectivity index (χ1) is 12.7. The molecule has 0 saturated carbocycles. The highest BCUT2D eigenvalue weighted by Gasteiger charge is 2.16. The quantitative estimate of drug-likeness (QED) is 0.564. The molecule has 0 saturated heterocycles. The van der Waals surface area contributed by atoms with Gasteiger partial charge in [0.2, 0.25) is 10.9 Å². The van der Waals surface area contributed by atoms with Crippen molar-refractivity contribution in [1.29, 1.82) is 0 Å². The zero-order valence-electron chi connectivity index (χ0n) is 13.8. The third-order valence-corrected chi connectivity index (χ3v) is 4.43. The van der Waals surface area contributed by atoms with Crippen molar-refractivity contribution in [2.45, 2.75) is 13.0 Å². The van der Waals surface area contributed by atoms with Gasteiger partial charge >= 0.3 is 0 Å². The van der Waals surface area contributed by atoms with Crippen molar-refractivity contribution in [2.24, 2.45) is 0 Å². The lowest BCUT2D eigenvalue weighted by Crippen LogP contribution is -2.27. The van der Waals surface area contributed by atoms with E-state index >= 15 is 0 Å². The van der Waals surface area contributed by atoms with E-state index in [2.05, 4.69) is 30.7 Å². The van der Waals surface area contributed by atoms with Gasteiger partial charge in [-0.25, -0.2) is 19.5 Å². The minimum absolute atomic E-state index is 0.251. The van der Waals surface area contributed by atoms with Gasteiger partial charge < -0.3 is 10.6 Å². The van der Waals surface area contributed by atoms with Crippen LogP contribution in [0.5, 0.6) is 0 Å². The Hall–Kier alpha value is -3.33. The number of nitrogens with one attached hydrogen (secondary N) is 2. The number of carbonyl (C=O) groups is 1. The molecule has 130 valence electrons. The topological polar surface area (TPSA) is 97.1 Å². The molecule has 2 N–H and O–H groups in total. The molecule has 0 spiro atoms. The SMILES string of the molecule is CC(NC(=O)c1cnc(Nc2ccccc2)nc1)c1cn2ncsc2n1. The molecule has 1 unspecified atom stereocenters. The second-order valence-electron chi connectivity index (χ2n) is 5.61. The number of imidazole rings is 1. The van der Waals surface area contributed by atoms with Crippen molar-refractivity contribution in [1.82, 2.24) is 29.9 Å². The van der Waals surface area contributed by atoms with E-state index in [0.717, 1.165) is 16.3 Å². The van der Waals surface area contributed by atoms with Gasteiger partial charge in [0.25, 0.3) is 5.91 Å². The molecule has 0 aliphatic heterocycles. The van der Waals surface area contributed by atoms with E-state index in [0.29, 0.717) is 11.5 Å². The molecule has 8 nitrogen and oxygen atoms in total. The number of benzene rings is 1. The van der Waals surface area contributed by atoms with Crippen LogP contribution in [0.2, 0.25) is 0 Å². The predicted octanol–water partition coefficient (Wildman–Crippen LogP) is 2.82. The Morgan fingerprint density at radius 3 is 2.69 bits per heavy atom.